The lowest BCUT2D eigenvalue weighted by Gasteiger charge is -2.25. The number of carbonyl (C=O) groups excluding carboxylic acids is 1. The van der Waals surface area contributed by atoms with Gasteiger partial charge in [-0.05, 0) is 11.5 Å². The summed E-state index contributed by atoms with van der Waals surface area (Å²) in [4.78, 5) is 21.8. The molecule has 0 aliphatic heterocycles. The Balaban J connectivity index is 2.99. The molecule has 1 atom stereocenters. The molecular formula is C13H15N3O4. The van der Waals surface area contributed by atoms with Crippen molar-refractivity contribution in [1.82, 2.24) is 5.32 Å². The summed E-state index contributed by atoms with van der Waals surface area (Å²) in [6.07, 6.45) is 0. The van der Waals surface area contributed by atoms with Crippen molar-refractivity contribution in [2.45, 2.75) is 26.8 Å². The third kappa shape index (κ3) is 3.45. The van der Waals surface area contributed by atoms with E-state index in [1.165, 1.54) is 0 Å². The standard InChI is InChI=1S/C13H15N3O4/c1-13(2,3)11(7-14)15-12(18)9-5-4-8(16(19)20)6-10(9)17/h4-6,11,17H,1-3H3,(H,15,18)/t11-/m1/s1. The van der Waals surface area contributed by atoms with Gasteiger partial charge >= 0.3 is 0 Å². The minimum absolute atomic E-state index is 0.111. The first kappa shape index (κ1) is 15.4. The number of phenolic OH excluding ortho intramolecular Hbond substituents is 1. The maximum atomic E-state index is 12.0. The quantitative estimate of drug-likeness (QED) is 0.647. The first-order valence-electron chi connectivity index (χ1n) is 5.84. The lowest BCUT2D eigenvalue weighted by Crippen LogP contribution is -2.42. The number of nitrogens with zero attached hydrogens (tertiary/aromatic N) is 2. The number of hydrogen-bond donors (Lipinski definition) is 2. The molecule has 0 saturated carbocycles. The lowest BCUT2D eigenvalue weighted by atomic mass is 9.87. The number of nitriles is 1. The normalized spacial score (nSPS) is 12.3. The Morgan fingerprint density at radius 1 is 1.50 bits per heavy atom. The van der Waals surface area contributed by atoms with Gasteiger partial charge in [-0.25, -0.2) is 0 Å². The van der Waals surface area contributed by atoms with Gasteiger partial charge in [0.15, 0.2) is 0 Å². The predicted molar refractivity (Wildman–Crippen MR) is 71.1 cm³/mol. The van der Waals surface area contributed by atoms with Gasteiger partial charge in [0.25, 0.3) is 11.6 Å². The molecule has 106 valence electrons. The SMILES string of the molecule is CC(C)(C)[C@@H](C#N)NC(=O)c1ccc([N+](=O)[O-])cc1O. The summed E-state index contributed by atoms with van der Waals surface area (Å²) in [7, 11) is 0. The van der Waals surface area contributed by atoms with E-state index in [0.717, 1.165) is 18.2 Å². The van der Waals surface area contributed by atoms with Crippen LogP contribution in [0, 0.1) is 26.9 Å². The summed E-state index contributed by atoms with van der Waals surface area (Å²) in [6, 6.07) is 4.39. The molecule has 0 aliphatic rings. The second kappa shape index (κ2) is 5.57. The summed E-state index contributed by atoms with van der Waals surface area (Å²) >= 11 is 0. The number of nitrogens with one attached hydrogen (secondary N) is 1. The summed E-state index contributed by atoms with van der Waals surface area (Å²) in [5.74, 6) is -1.15. The van der Waals surface area contributed by atoms with Crippen molar-refractivity contribution in [2.75, 3.05) is 0 Å². The Hall–Kier alpha value is -2.62. The van der Waals surface area contributed by atoms with E-state index in [2.05, 4.69) is 5.32 Å². The Labute approximate surface area is 116 Å². The van der Waals surface area contributed by atoms with Gasteiger partial charge in [0, 0.05) is 6.07 Å². The van der Waals surface area contributed by atoms with Crippen LogP contribution in [0.2, 0.25) is 0 Å². The van der Waals surface area contributed by atoms with Crippen LogP contribution in [0.4, 0.5) is 5.69 Å². The molecule has 0 fully saturated rings. The molecule has 0 unspecified atom stereocenters. The van der Waals surface area contributed by atoms with Crippen LogP contribution >= 0.6 is 0 Å². The van der Waals surface area contributed by atoms with E-state index in [0.29, 0.717) is 0 Å². The van der Waals surface area contributed by atoms with Crippen LogP contribution in [0.15, 0.2) is 18.2 Å². The smallest absolute Gasteiger partial charge is 0.273 e. The average Bonchev–Trinajstić information content (AvgIpc) is 2.33. The van der Waals surface area contributed by atoms with Gasteiger partial charge in [-0.2, -0.15) is 5.26 Å². The Bertz CT molecular complexity index is 584. The number of benzene rings is 1. The van der Waals surface area contributed by atoms with Crippen LogP contribution in [-0.2, 0) is 0 Å². The zero-order valence-corrected chi connectivity index (χ0v) is 11.4. The van der Waals surface area contributed by atoms with Gasteiger partial charge < -0.3 is 10.4 Å². The third-order valence-corrected chi connectivity index (χ3v) is 2.71. The Kier molecular flexibility index (Phi) is 4.30. The second-order valence-corrected chi connectivity index (χ2v) is 5.36. The number of aromatic hydroxyl groups is 1. The highest BCUT2D eigenvalue weighted by Gasteiger charge is 2.27. The van der Waals surface area contributed by atoms with Gasteiger partial charge in [0.05, 0.1) is 22.6 Å². The van der Waals surface area contributed by atoms with Gasteiger partial charge in [-0.3, -0.25) is 14.9 Å². The van der Waals surface area contributed by atoms with E-state index in [4.69, 9.17) is 5.26 Å². The van der Waals surface area contributed by atoms with Crippen LogP contribution in [-0.4, -0.2) is 22.0 Å². The molecule has 20 heavy (non-hydrogen) atoms. The van der Waals surface area contributed by atoms with Crippen molar-refractivity contribution >= 4 is 11.6 Å². The van der Waals surface area contributed by atoms with Crippen molar-refractivity contribution in [3.05, 3.63) is 33.9 Å². The summed E-state index contributed by atoms with van der Waals surface area (Å²) in [6.45, 7) is 5.37. The van der Waals surface area contributed by atoms with E-state index in [-0.39, 0.29) is 11.3 Å². The maximum absolute atomic E-state index is 12.0. The van der Waals surface area contributed by atoms with E-state index in [1.54, 1.807) is 20.8 Å². The largest absolute Gasteiger partial charge is 0.507 e. The summed E-state index contributed by atoms with van der Waals surface area (Å²) in [5.41, 5.74) is -0.896. The highest BCUT2D eigenvalue weighted by molar-refractivity contribution is 5.97. The van der Waals surface area contributed by atoms with Crippen LogP contribution in [0.5, 0.6) is 5.75 Å². The molecule has 1 aromatic carbocycles. The highest BCUT2D eigenvalue weighted by Crippen LogP contribution is 2.24. The number of amides is 1. The van der Waals surface area contributed by atoms with Crippen LogP contribution in [0.25, 0.3) is 0 Å². The molecule has 0 radical (unpaired) electrons. The van der Waals surface area contributed by atoms with Crippen molar-refractivity contribution < 1.29 is 14.8 Å². The molecule has 7 heteroatoms. The molecule has 0 saturated heterocycles. The van der Waals surface area contributed by atoms with Gasteiger partial charge in [-0.15, -0.1) is 0 Å². The van der Waals surface area contributed by atoms with E-state index >= 15 is 0 Å². The van der Waals surface area contributed by atoms with Gasteiger partial charge in [0.2, 0.25) is 0 Å². The fraction of sp³-hybridized carbons (Fsp3) is 0.385. The molecule has 0 aliphatic carbocycles. The number of nitro benzene ring substituents is 1. The molecule has 1 rings (SSSR count). The van der Waals surface area contributed by atoms with Gasteiger partial charge in [-0.1, -0.05) is 20.8 Å². The van der Waals surface area contributed by atoms with Crippen molar-refractivity contribution in [3.8, 4) is 11.8 Å². The molecular weight excluding hydrogens is 262 g/mol. The van der Waals surface area contributed by atoms with E-state index in [9.17, 15) is 20.0 Å². The second-order valence-electron chi connectivity index (χ2n) is 5.36. The zero-order valence-electron chi connectivity index (χ0n) is 11.4. The lowest BCUT2D eigenvalue weighted by molar-refractivity contribution is -0.384. The van der Waals surface area contributed by atoms with Crippen LogP contribution in [0.1, 0.15) is 31.1 Å². The molecule has 0 bridgehead atoms. The Morgan fingerprint density at radius 3 is 2.50 bits per heavy atom. The topological polar surface area (TPSA) is 116 Å². The number of hydrogen-bond acceptors (Lipinski definition) is 5. The van der Waals surface area contributed by atoms with Crippen LogP contribution < -0.4 is 5.32 Å². The minimum atomic E-state index is -0.746. The zero-order chi connectivity index (χ0) is 15.5. The fourth-order valence-electron chi connectivity index (χ4n) is 1.48. The van der Waals surface area contributed by atoms with Crippen LogP contribution in [0.3, 0.4) is 0 Å². The molecule has 0 heterocycles. The van der Waals surface area contributed by atoms with E-state index < -0.39 is 28.0 Å². The highest BCUT2D eigenvalue weighted by atomic mass is 16.6. The molecule has 0 spiro atoms. The molecule has 1 aromatic rings. The summed E-state index contributed by atoms with van der Waals surface area (Å²) < 4.78 is 0. The molecule has 0 aromatic heterocycles. The first-order valence-corrected chi connectivity index (χ1v) is 5.84. The number of carbonyl (C=O) groups is 1. The first-order chi connectivity index (χ1) is 9.16. The average molecular weight is 277 g/mol. The Morgan fingerprint density at radius 2 is 2.10 bits per heavy atom. The van der Waals surface area contributed by atoms with Crippen molar-refractivity contribution in [2.24, 2.45) is 5.41 Å². The molecule has 1 amide bonds. The number of phenols is 1. The number of nitro groups is 1. The monoisotopic (exact) mass is 277 g/mol. The summed E-state index contributed by atoms with van der Waals surface area (Å²) in [5, 5.41) is 31.7. The number of rotatable bonds is 3. The fourth-order valence-corrected chi connectivity index (χ4v) is 1.48. The van der Waals surface area contributed by atoms with Crippen molar-refractivity contribution in [3.63, 3.8) is 0 Å². The maximum Gasteiger partial charge on any atom is 0.273 e. The van der Waals surface area contributed by atoms with E-state index in [1.807, 2.05) is 6.07 Å². The molecule has 2 N–H and O–H groups in total. The van der Waals surface area contributed by atoms with Gasteiger partial charge in [0.1, 0.15) is 11.8 Å². The minimum Gasteiger partial charge on any atom is -0.507 e. The third-order valence-electron chi connectivity index (χ3n) is 2.71. The molecule has 7 nitrogen and oxygen atoms in total. The predicted octanol–water partition coefficient (Wildman–Crippen LogP) is 1.97. The number of non-ortho nitro benzene ring substituents is 1. The van der Waals surface area contributed by atoms with Crippen molar-refractivity contribution in [1.29, 1.82) is 5.26 Å².